The molecule has 3 N–H and O–H groups in total. The molecule has 3 rings (SSSR count). The Morgan fingerprint density at radius 2 is 1.49 bits per heavy atom. The molecule has 0 fully saturated rings. The Labute approximate surface area is 205 Å². The summed E-state index contributed by atoms with van der Waals surface area (Å²) in [5.74, 6) is -0.479. The fourth-order valence-electron chi connectivity index (χ4n) is 3.00. The summed E-state index contributed by atoms with van der Waals surface area (Å²) in [5.41, 5.74) is 0.0942. The third-order valence-electron chi connectivity index (χ3n) is 4.63. The first-order chi connectivity index (χ1) is 16.7. The van der Waals surface area contributed by atoms with Crippen molar-refractivity contribution in [3.8, 4) is 5.75 Å². The highest BCUT2D eigenvalue weighted by Crippen LogP contribution is 2.30. The third-order valence-corrected chi connectivity index (χ3v) is 4.83. The molecular weight excluding hydrogens is 479 g/mol. The molecule has 10 heteroatoms. The lowest BCUT2D eigenvalue weighted by Crippen LogP contribution is -2.34. The van der Waals surface area contributed by atoms with Gasteiger partial charge >= 0.3 is 6.18 Å². The van der Waals surface area contributed by atoms with E-state index in [-0.39, 0.29) is 16.4 Å². The average Bonchev–Trinajstić information content (AvgIpc) is 2.82. The van der Waals surface area contributed by atoms with Gasteiger partial charge in [0.15, 0.2) is 5.11 Å². The van der Waals surface area contributed by atoms with Gasteiger partial charge in [-0.25, -0.2) is 0 Å². The van der Waals surface area contributed by atoms with E-state index in [0.717, 1.165) is 18.6 Å². The standard InChI is InChI=1S/C25H22F3N3O3S/c1-2-12-34-21-11-4-7-17(14-21)23(33)31-24(35)30-19-9-3-6-16(13-19)22(32)29-20-10-5-8-18(15-20)25(26,27)28/h3-11,13-15H,2,12H2,1H3,(H,29,32)(H2,30,31,33,35). The number of carbonyl (C=O) groups excluding carboxylic acids is 2. The van der Waals surface area contributed by atoms with E-state index in [9.17, 15) is 22.8 Å². The minimum atomic E-state index is -4.52. The van der Waals surface area contributed by atoms with Crippen molar-refractivity contribution in [1.29, 1.82) is 0 Å². The fourth-order valence-corrected chi connectivity index (χ4v) is 3.21. The Bertz CT molecular complexity index is 1230. The van der Waals surface area contributed by atoms with Crippen molar-refractivity contribution in [3.05, 3.63) is 89.5 Å². The lowest BCUT2D eigenvalue weighted by molar-refractivity contribution is -0.137. The highest BCUT2D eigenvalue weighted by atomic mass is 32.1. The Hall–Kier alpha value is -3.92. The molecule has 0 bridgehead atoms. The van der Waals surface area contributed by atoms with Crippen LogP contribution in [0.15, 0.2) is 72.8 Å². The van der Waals surface area contributed by atoms with E-state index >= 15 is 0 Å². The van der Waals surface area contributed by atoms with Crippen LogP contribution >= 0.6 is 12.2 Å². The summed E-state index contributed by atoms with van der Waals surface area (Å²) in [6, 6.07) is 17.2. The molecular formula is C25H22F3N3O3S. The highest BCUT2D eigenvalue weighted by molar-refractivity contribution is 7.80. The van der Waals surface area contributed by atoms with Gasteiger partial charge in [-0.15, -0.1) is 0 Å². The smallest absolute Gasteiger partial charge is 0.416 e. The summed E-state index contributed by atoms with van der Waals surface area (Å²) >= 11 is 5.20. The third kappa shape index (κ3) is 7.54. The summed E-state index contributed by atoms with van der Waals surface area (Å²) in [6.45, 7) is 2.51. The molecule has 0 saturated carbocycles. The Morgan fingerprint density at radius 3 is 2.17 bits per heavy atom. The molecule has 0 aliphatic heterocycles. The average molecular weight is 502 g/mol. The number of benzene rings is 3. The summed E-state index contributed by atoms with van der Waals surface area (Å²) in [5, 5.41) is 7.82. The molecule has 0 unspecified atom stereocenters. The van der Waals surface area contributed by atoms with Crippen LogP contribution in [0.4, 0.5) is 24.5 Å². The number of hydrogen-bond acceptors (Lipinski definition) is 4. The Morgan fingerprint density at radius 1 is 0.857 bits per heavy atom. The summed E-state index contributed by atoms with van der Waals surface area (Å²) in [6.07, 6.45) is -3.68. The highest BCUT2D eigenvalue weighted by Gasteiger charge is 2.30. The summed E-state index contributed by atoms with van der Waals surface area (Å²) < 4.78 is 44.2. The normalized spacial score (nSPS) is 10.9. The maximum absolute atomic E-state index is 12.9. The van der Waals surface area contributed by atoms with Crippen LogP contribution in [0.1, 0.15) is 39.6 Å². The maximum Gasteiger partial charge on any atom is 0.416 e. The number of nitrogens with one attached hydrogen (secondary N) is 3. The number of carbonyl (C=O) groups is 2. The van der Waals surface area contributed by atoms with E-state index in [1.54, 1.807) is 36.4 Å². The van der Waals surface area contributed by atoms with Crippen LogP contribution in [0.3, 0.4) is 0 Å². The van der Waals surface area contributed by atoms with Crippen molar-refractivity contribution in [2.45, 2.75) is 19.5 Å². The lowest BCUT2D eigenvalue weighted by Gasteiger charge is -2.12. The van der Waals surface area contributed by atoms with Crippen molar-refractivity contribution in [2.75, 3.05) is 17.2 Å². The summed E-state index contributed by atoms with van der Waals surface area (Å²) in [4.78, 5) is 25.1. The second kappa shape index (κ2) is 11.5. The molecule has 0 aliphatic rings. The number of thiocarbonyl (C=S) groups is 1. The van der Waals surface area contributed by atoms with E-state index in [0.29, 0.717) is 23.6 Å². The number of amides is 2. The monoisotopic (exact) mass is 501 g/mol. The number of rotatable bonds is 7. The molecule has 0 aliphatic carbocycles. The first-order valence-corrected chi connectivity index (χ1v) is 11.0. The number of anilines is 2. The molecule has 6 nitrogen and oxygen atoms in total. The van der Waals surface area contributed by atoms with Crippen molar-refractivity contribution in [1.82, 2.24) is 5.32 Å². The van der Waals surface area contributed by atoms with Gasteiger partial charge in [0.05, 0.1) is 12.2 Å². The maximum atomic E-state index is 12.9. The first kappa shape index (κ1) is 25.7. The number of ether oxygens (including phenoxy) is 1. The van der Waals surface area contributed by atoms with E-state index < -0.39 is 23.6 Å². The van der Waals surface area contributed by atoms with Crippen molar-refractivity contribution in [3.63, 3.8) is 0 Å². The van der Waals surface area contributed by atoms with Gasteiger partial charge in [-0.3, -0.25) is 14.9 Å². The number of halogens is 3. The zero-order chi connectivity index (χ0) is 25.4. The molecule has 182 valence electrons. The van der Waals surface area contributed by atoms with Gasteiger partial charge in [0.25, 0.3) is 11.8 Å². The van der Waals surface area contributed by atoms with Gasteiger partial charge in [0.2, 0.25) is 0 Å². The quantitative estimate of drug-likeness (QED) is 0.353. The molecule has 2 amide bonds. The van der Waals surface area contributed by atoms with Crippen molar-refractivity contribution < 1.29 is 27.5 Å². The van der Waals surface area contributed by atoms with Gasteiger partial charge in [-0.1, -0.05) is 25.1 Å². The molecule has 0 atom stereocenters. The Balaban J connectivity index is 1.62. The van der Waals surface area contributed by atoms with E-state index in [1.165, 1.54) is 24.3 Å². The fraction of sp³-hybridized carbons (Fsp3) is 0.160. The van der Waals surface area contributed by atoms with Gasteiger partial charge in [0.1, 0.15) is 5.75 Å². The van der Waals surface area contributed by atoms with Crippen molar-refractivity contribution in [2.24, 2.45) is 0 Å². The predicted molar refractivity (Wildman–Crippen MR) is 132 cm³/mol. The first-order valence-electron chi connectivity index (χ1n) is 10.6. The van der Waals surface area contributed by atoms with Crippen LogP contribution in [0.25, 0.3) is 0 Å². The second-order valence-electron chi connectivity index (χ2n) is 7.40. The topological polar surface area (TPSA) is 79.5 Å². The molecule has 0 radical (unpaired) electrons. The predicted octanol–water partition coefficient (Wildman–Crippen LogP) is 5.87. The van der Waals surface area contributed by atoms with Crippen LogP contribution in [0, 0.1) is 0 Å². The van der Waals surface area contributed by atoms with Crippen LogP contribution < -0.4 is 20.7 Å². The SMILES string of the molecule is CCCOc1cccc(C(=O)NC(=S)Nc2cccc(C(=O)Nc3cccc(C(F)(F)F)c3)c2)c1. The van der Waals surface area contributed by atoms with Crippen LogP contribution in [-0.4, -0.2) is 23.5 Å². The Kier molecular flexibility index (Phi) is 8.43. The number of hydrogen-bond donors (Lipinski definition) is 3. The molecule has 35 heavy (non-hydrogen) atoms. The van der Waals surface area contributed by atoms with E-state index in [1.807, 2.05) is 6.92 Å². The summed E-state index contributed by atoms with van der Waals surface area (Å²) in [7, 11) is 0. The van der Waals surface area contributed by atoms with Gasteiger partial charge in [0, 0.05) is 22.5 Å². The molecule has 3 aromatic rings. The minimum Gasteiger partial charge on any atom is -0.494 e. The molecule has 0 aromatic heterocycles. The van der Waals surface area contributed by atoms with E-state index in [4.69, 9.17) is 17.0 Å². The van der Waals surface area contributed by atoms with Gasteiger partial charge in [-0.05, 0) is 73.2 Å². The molecule has 0 heterocycles. The van der Waals surface area contributed by atoms with Crippen molar-refractivity contribution >= 4 is 40.5 Å². The molecule has 0 saturated heterocycles. The van der Waals surface area contributed by atoms with E-state index in [2.05, 4.69) is 16.0 Å². The van der Waals surface area contributed by atoms with Crippen LogP contribution in [-0.2, 0) is 6.18 Å². The second-order valence-corrected chi connectivity index (χ2v) is 7.81. The molecule has 0 spiro atoms. The molecule has 3 aromatic carbocycles. The van der Waals surface area contributed by atoms with Crippen LogP contribution in [0.2, 0.25) is 0 Å². The van der Waals surface area contributed by atoms with Gasteiger partial charge in [-0.2, -0.15) is 13.2 Å². The zero-order valence-electron chi connectivity index (χ0n) is 18.6. The zero-order valence-corrected chi connectivity index (χ0v) is 19.4. The number of alkyl halides is 3. The van der Waals surface area contributed by atoms with Crippen LogP contribution in [0.5, 0.6) is 5.75 Å². The van der Waals surface area contributed by atoms with Gasteiger partial charge < -0.3 is 15.4 Å². The lowest BCUT2D eigenvalue weighted by atomic mass is 10.1. The minimum absolute atomic E-state index is 0.00492. The largest absolute Gasteiger partial charge is 0.494 e.